The van der Waals surface area contributed by atoms with Crippen molar-refractivity contribution in [2.45, 2.75) is 20.8 Å². The lowest BCUT2D eigenvalue weighted by atomic mass is 10.2. The highest BCUT2D eigenvalue weighted by Gasteiger charge is 1.77. The average Bonchev–Trinajstić information content (AvgIpc) is 1.83. The van der Waals surface area contributed by atoms with Crippen LogP contribution in [0.5, 0.6) is 0 Å². The van der Waals surface area contributed by atoms with Gasteiger partial charge in [-0.25, -0.2) is 0 Å². The van der Waals surface area contributed by atoms with Crippen LogP contribution in [-0.2, 0) is 0 Å². The maximum absolute atomic E-state index is 7.05. The molecular weight excluding hydrogens is 110 g/mol. The fourth-order valence-corrected chi connectivity index (χ4v) is 0.353. The van der Waals surface area contributed by atoms with E-state index < -0.39 is 0 Å². The lowest BCUT2D eigenvalue weighted by molar-refractivity contribution is 1.46. The van der Waals surface area contributed by atoms with Gasteiger partial charge in [0.1, 0.15) is 0 Å². The third kappa shape index (κ3) is 5.01. The lowest BCUT2D eigenvalue weighted by Gasteiger charge is -1.85. The molecule has 0 rings (SSSR count). The summed E-state index contributed by atoms with van der Waals surface area (Å²) in [5.41, 5.74) is 1.79. The number of allylic oxidation sites excluding steroid dienone is 4. The summed E-state index contributed by atoms with van der Waals surface area (Å²) in [5.74, 6) is 0. The lowest BCUT2D eigenvalue weighted by Crippen LogP contribution is -1.77. The maximum Gasteiger partial charge on any atom is 0.0283 e. The molecule has 0 amide bonds. The Morgan fingerprint density at radius 2 is 1.78 bits per heavy atom. The Hall–Kier alpha value is -0.850. The van der Waals surface area contributed by atoms with Crippen LogP contribution in [0.15, 0.2) is 23.8 Å². The molecule has 0 unspecified atom stereocenters. The van der Waals surface area contributed by atoms with Crippen molar-refractivity contribution < 1.29 is 0 Å². The third-order valence-corrected chi connectivity index (χ3v) is 1.05. The first-order valence-corrected chi connectivity index (χ1v) is 3.03. The quantitative estimate of drug-likeness (QED) is 0.431. The molecule has 0 saturated heterocycles. The second-order valence-corrected chi connectivity index (χ2v) is 2.05. The molecule has 0 spiro atoms. The maximum atomic E-state index is 7.05. The van der Waals surface area contributed by atoms with E-state index in [4.69, 9.17) is 5.41 Å². The normalized spacial score (nSPS) is 12.6. The predicted molar refractivity (Wildman–Crippen MR) is 42.0 cm³/mol. The Bertz CT molecular complexity index is 152. The second kappa shape index (κ2) is 4.07. The van der Waals surface area contributed by atoms with Crippen LogP contribution in [-0.4, -0.2) is 5.71 Å². The molecule has 0 radical (unpaired) electrons. The van der Waals surface area contributed by atoms with Gasteiger partial charge in [0.15, 0.2) is 0 Å². The fourth-order valence-electron chi connectivity index (χ4n) is 0.353. The van der Waals surface area contributed by atoms with Crippen molar-refractivity contribution in [2.24, 2.45) is 0 Å². The van der Waals surface area contributed by atoms with E-state index in [0.29, 0.717) is 5.71 Å². The van der Waals surface area contributed by atoms with Crippen molar-refractivity contribution in [3.05, 3.63) is 23.8 Å². The van der Waals surface area contributed by atoms with E-state index in [0.717, 1.165) is 0 Å². The van der Waals surface area contributed by atoms with Crippen LogP contribution in [0.3, 0.4) is 0 Å². The van der Waals surface area contributed by atoms with Gasteiger partial charge in [0.05, 0.1) is 0 Å². The monoisotopic (exact) mass is 123 g/mol. The number of hydrogen-bond acceptors (Lipinski definition) is 1. The minimum Gasteiger partial charge on any atom is -0.306 e. The van der Waals surface area contributed by atoms with Crippen molar-refractivity contribution in [2.75, 3.05) is 0 Å². The summed E-state index contributed by atoms with van der Waals surface area (Å²) in [6, 6.07) is 0. The standard InChI is InChI=1S/C8H13N/c1-4-7(2)5-6-8(3)9/h4-6,9H,1-3H3. The zero-order valence-corrected chi connectivity index (χ0v) is 6.23. The zero-order valence-electron chi connectivity index (χ0n) is 6.23. The highest BCUT2D eigenvalue weighted by atomic mass is 14.4. The summed E-state index contributed by atoms with van der Waals surface area (Å²) in [5, 5.41) is 7.05. The van der Waals surface area contributed by atoms with Gasteiger partial charge in [-0.3, -0.25) is 0 Å². The zero-order chi connectivity index (χ0) is 7.28. The van der Waals surface area contributed by atoms with Gasteiger partial charge in [-0.05, 0) is 26.8 Å². The van der Waals surface area contributed by atoms with Gasteiger partial charge in [-0.15, -0.1) is 0 Å². The highest BCUT2D eigenvalue weighted by molar-refractivity contribution is 5.90. The Kier molecular flexibility index (Phi) is 3.69. The number of hydrogen-bond donors (Lipinski definition) is 1. The van der Waals surface area contributed by atoms with E-state index in [1.807, 2.05) is 26.0 Å². The molecule has 0 aromatic heterocycles. The molecule has 0 fully saturated rings. The number of rotatable bonds is 2. The molecule has 0 atom stereocenters. The molecule has 1 nitrogen and oxygen atoms in total. The molecule has 0 aliphatic carbocycles. The molecule has 0 bridgehead atoms. The Morgan fingerprint density at radius 3 is 2.11 bits per heavy atom. The van der Waals surface area contributed by atoms with Crippen molar-refractivity contribution in [1.82, 2.24) is 0 Å². The summed E-state index contributed by atoms with van der Waals surface area (Å²) in [7, 11) is 0. The first-order chi connectivity index (χ1) is 4.16. The van der Waals surface area contributed by atoms with Crippen LogP contribution < -0.4 is 0 Å². The van der Waals surface area contributed by atoms with Gasteiger partial charge in [-0.1, -0.05) is 17.7 Å². The van der Waals surface area contributed by atoms with Crippen LogP contribution >= 0.6 is 0 Å². The van der Waals surface area contributed by atoms with Crippen molar-refractivity contribution in [3.8, 4) is 0 Å². The predicted octanol–water partition coefficient (Wildman–Crippen LogP) is 2.55. The Balaban J connectivity index is 3.86. The highest BCUT2D eigenvalue weighted by Crippen LogP contribution is 1.92. The SMILES string of the molecule is CC=C(C)C=CC(C)=N. The average molecular weight is 123 g/mol. The van der Waals surface area contributed by atoms with Gasteiger partial charge in [0.2, 0.25) is 0 Å². The van der Waals surface area contributed by atoms with E-state index in [1.54, 1.807) is 13.0 Å². The molecular formula is C8H13N. The fraction of sp³-hybridized carbons (Fsp3) is 0.375. The third-order valence-electron chi connectivity index (χ3n) is 1.05. The van der Waals surface area contributed by atoms with Crippen molar-refractivity contribution in [1.29, 1.82) is 5.41 Å². The Labute approximate surface area is 56.6 Å². The molecule has 1 N–H and O–H groups in total. The summed E-state index contributed by atoms with van der Waals surface area (Å²) >= 11 is 0. The van der Waals surface area contributed by atoms with Gasteiger partial charge < -0.3 is 5.41 Å². The minimum atomic E-state index is 0.594. The molecule has 0 aliphatic heterocycles. The molecule has 0 aromatic carbocycles. The largest absolute Gasteiger partial charge is 0.306 e. The van der Waals surface area contributed by atoms with Crippen LogP contribution in [0.1, 0.15) is 20.8 Å². The first kappa shape index (κ1) is 8.15. The van der Waals surface area contributed by atoms with E-state index >= 15 is 0 Å². The van der Waals surface area contributed by atoms with Crippen LogP contribution in [0.4, 0.5) is 0 Å². The topological polar surface area (TPSA) is 23.9 Å². The smallest absolute Gasteiger partial charge is 0.0283 e. The van der Waals surface area contributed by atoms with E-state index in [2.05, 4.69) is 0 Å². The molecule has 1 heteroatoms. The van der Waals surface area contributed by atoms with Crippen LogP contribution in [0.2, 0.25) is 0 Å². The minimum absolute atomic E-state index is 0.594. The van der Waals surface area contributed by atoms with Gasteiger partial charge in [-0.2, -0.15) is 0 Å². The van der Waals surface area contributed by atoms with Crippen molar-refractivity contribution >= 4 is 5.71 Å². The first-order valence-electron chi connectivity index (χ1n) is 3.03. The molecule has 9 heavy (non-hydrogen) atoms. The van der Waals surface area contributed by atoms with E-state index in [-0.39, 0.29) is 0 Å². The number of nitrogens with one attached hydrogen (secondary N) is 1. The van der Waals surface area contributed by atoms with Crippen LogP contribution in [0.25, 0.3) is 0 Å². The van der Waals surface area contributed by atoms with Crippen LogP contribution in [0, 0.1) is 5.41 Å². The van der Waals surface area contributed by atoms with E-state index in [9.17, 15) is 0 Å². The molecule has 50 valence electrons. The van der Waals surface area contributed by atoms with E-state index in [1.165, 1.54) is 5.57 Å². The molecule has 0 aromatic rings. The molecule has 0 aliphatic rings. The molecule has 0 heterocycles. The summed E-state index contributed by atoms with van der Waals surface area (Å²) in [6.45, 7) is 5.76. The summed E-state index contributed by atoms with van der Waals surface area (Å²) in [6.07, 6.45) is 5.73. The van der Waals surface area contributed by atoms with Gasteiger partial charge >= 0.3 is 0 Å². The molecule has 0 saturated carbocycles. The Morgan fingerprint density at radius 1 is 1.22 bits per heavy atom. The summed E-state index contributed by atoms with van der Waals surface area (Å²) in [4.78, 5) is 0. The second-order valence-electron chi connectivity index (χ2n) is 2.05. The van der Waals surface area contributed by atoms with Crippen molar-refractivity contribution in [3.63, 3.8) is 0 Å². The van der Waals surface area contributed by atoms with Gasteiger partial charge in [0.25, 0.3) is 0 Å². The summed E-state index contributed by atoms with van der Waals surface area (Å²) < 4.78 is 0. The van der Waals surface area contributed by atoms with Gasteiger partial charge in [0, 0.05) is 5.71 Å².